The summed E-state index contributed by atoms with van der Waals surface area (Å²) in [5.41, 5.74) is 5.66. The van der Waals surface area contributed by atoms with Crippen LogP contribution in [0.4, 0.5) is 8.78 Å². The van der Waals surface area contributed by atoms with E-state index in [9.17, 15) is 13.6 Å². The third-order valence-corrected chi connectivity index (χ3v) is 4.09. The second kappa shape index (κ2) is 6.93. The molecule has 114 valence electrons. The fraction of sp³-hybridized carbons (Fsp3) is 0.467. The van der Waals surface area contributed by atoms with Crippen molar-refractivity contribution in [3.05, 3.63) is 35.4 Å². The normalized spacial score (nSPS) is 17.2. The number of nitrogens with two attached hydrogens (primary N) is 1. The summed E-state index contributed by atoms with van der Waals surface area (Å²) < 4.78 is 26.3. The quantitative estimate of drug-likeness (QED) is 0.841. The lowest BCUT2D eigenvalue weighted by molar-refractivity contribution is 0.0931. The van der Waals surface area contributed by atoms with Crippen molar-refractivity contribution in [2.24, 2.45) is 11.7 Å². The highest BCUT2D eigenvalue weighted by molar-refractivity contribution is 7.80. The number of nitrogens with one attached hydrogen (secondary N) is 1. The van der Waals surface area contributed by atoms with Gasteiger partial charge in [-0.15, -0.1) is 0 Å². The molecule has 3 N–H and O–H groups in total. The summed E-state index contributed by atoms with van der Waals surface area (Å²) in [6.45, 7) is 0. The number of carbonyl (C=O) groups excluding carboxylic acids is 1. The van der Waals surface area contributed by atoms with E-state index in [-0.39, 0.29) is 16.5 Å². The summed E-state index contributed by atoms with van der Waals surface area (Å²) in [4.78, 5) is 12.4. The predicted molar refractivity (Wildman–Crippen MR) is 81.0 cm³/mol. The average Bonchev–Trinajstić information content (AvgIpc) is 2.44. The predicted octanol–water partition coefficient (Wildman–Crippen LogP) is 2.93. The maximum atomic E-state index is 13.2. The largest absolute Gasteiger partial charge is 0.392 e. The molecule has 0 heterocycles. The van der Waals surface area contributed by atoms with E-state index < -0.39 is 23.6 Å². The summed E-state index contributed by atoms with van der Waals surface area (Å²) in [5.74, 6) is -1.94. The van der Waals surface area contributed by atoms with E-state index in [4.69, 9.17) is 18.0 Å². The van der Waals surface area contributed by atoms with Gasteiger partial charge in [0.1, 0.15) is 11.6 Å². The Balaban J connectivity index is 2.12. The molecule has 0 radical (unpaired) electrons. The van der Waals surface area contributed by atoms with Crippen molar-refractivity contribution in [2.45, 2.75) is 38.1 Å². The summed E-state index contributed by atoms with van der Waals surface area (Å²) in [6.07, 6.45) is 5.21. The summed E-state index contributed by atoms with van der Waals surface area (Å²) >= 11 is 5.03. The van der Waals surface area contributed by atoms with E-state index in [1.165, 1.54) is 6.42 Å². The van der Waals surface area contributed by atoms with Crippen molar-refractivity contribution >= 4 is 23.1 Å². The van der Waals surface area contributed by atoms with Gasteiger partial charge in [0.25, 0.3) is 5.91 Å². The number of carbonyl (C=O) groups is 1. The van der Waals surface area contributed by atoms with Gasteiger partial charge < -0.3 is 11.1 Å². The first-order valence-electron chi connectivity index (χ1n) is 7.03. The molecule has 0 saturated heterocycles. The molecule has 3 nitrogen and oxygen atoms in total. The molecular formula is C15H18F2N2OS. The highest BCUT2D eigenvalue weighted by Crippen LogP contribution is 2.27. The Bertz CT molecular complexity index is 524. The third-order valence-electron chi connectivity index (χ3n) is 3.84. The van der Waals surface area contributed by atoms with Crippen molar-refractivity contribution in [2.75, 3.05) is 0 Å². The fourth-order valence-electron chi connectivity index (χ4n) is 2.80. The molecular weight excluding hydrogens is 294 g/mol. The molecule has 1 unspecified atom stereocenters. The number of hydrogen-bond donors (Lipinski definition) is 2. The van der Waals surface area contributed by atoms with E-state index in [0.29, 0.717) is 0 Å². The first-order chi connectivity index (χ1) is 9.97. The number of halogens is 2. The van der Waals surface area contributed by atoms with Crippen LogP contribution in [0.1, 0.15) is 42.5 Å². The number of hydrogen-bond acceptors (Lipinski definition) is 2. The van der Waals surface area contributed by atoms with E-state index in [2.05, 4.69) is 5.32 Å². The lowest BCUT2D eigenvalue weighted by Crippen LogP contribution is -2.48. The van der Waals surface area contributed by atoms with Gasteiger partial charge >= 0.3 is 0 Å². The van der Waals surface area contributed by atoms with E-state index >= 15 is 0 Å². The van der Waals surface area contributed by atoms with Gasteiger partial charge in [0.15, 0.2) is 0 Å². The number of thiocarbonyl (C=S) groups is 1. The summed E-state index contributed by atoms with van der Waals surface area (Å²) in [7, 11) is 0. The van der Waals surface area contributed by atoms with Crippen molar-refractivity contribution in [3.63, 3.8) is 0 Å². The molecule has 1 amide bonds. The molecule has 2 rings (SSSR count). The lowest BCUT2D eigenvalue weighted by atomic mass is 9.83. The first-order valence-corrected chi connectivity index (χ1v) is 7.44. The molecule has 0 bridgehead atoms. The van der Waals surface area contributed by atoms with E-state index in [1.54, 1.807) is 0 Å². The Morgan fingerprint density at radius 3 is 2.29 bits per heavy atom. The van der Waals surface area contributed by atoms with Gasteiger partial charge in [-0.05, 0) is 30.9 Å². The molecule has 0 aromatic heterocycles. The minimum Gasteiger partial charge on any atom is -0.392 e. The summed E-state index contributed by atoms with van der Waals surface area (Å²) in [6, 6.07) is 2.29. The zero-order chi connectivity index (χ0) is 15.4. The van der Waals surface area contributed by atoms with Crippen molar-refractivity contribution in [1.29, 1.82) is 0 Å². The van der Waals surface area contributed by atoms with Crippen LogP contribution in [0.25, 0.3) is 0 Å². The molecule has 1 aliphatic carbocycles. The van der Waals surface area contributed by atoms with Crippen LogP contribution in [0.3, 0.4) is 0 Å². The molecule has 1 aromatic rings. The Morgan fingerprint density at radius 1 is 1.19 bits per heavy atom. The SMILES string of the molecule is NC(=S)C(NC(=O)c1cc(F)cc(F)c1)C1CCCCC1. The minimum atomic E-state index is -0.787. The molecule has 6 heteroatoms. The van der Waals surface area contributed by atoms with Crippen LogP contribution in [0.15, 0.2) is 18.2 Å². The molecule has 21 heavy (non-hydrogen) atoms. The van der Waals surface area contributed by atoms with Crippen LogP contribution >= 0.6 is 12.2 Å². The van der Waals surface area contributed by atoms with Gasteiger partial charge in [-0.25, -0.2) is 8.78 Å². The third kappa shape index (κ3) is 4.20. The topological polar surface area (TPSA) is 55.1 Å². The van der Waals surface area contributed by atoms with Crippen LogP contribution in [0, 0.1) is 17.6 Å². The van der Waals surface area contributed by atoms with Crippen LogP contribution in [-0.4, -0.2) is 16.9 Å². The molecule has 1 atom stereocenters. The van der Waals surface area contributed by atoms with E-state index in [1.807, 2.05) is 0 Å². The molecule has 0 spiro atoms. The highest BCUT2D eigenvalue weighted by atomic mass is 32.1. The van der Waals surface area contributed by atoms with Gasteiger partial charge in [-0.1, -0.05) is 31.5 Å². The number of benzene rings is 1. The van der Waals surface area contributed by atoms with Crippen molar-refractivity contribution in [3.8, 4) is 0 Å². The Labute approximate surface area is 127 Å². The standard InChI is InChI=1S/C15H18F2N2OS/c16-11-6-10(7-12(17)8-11)15(20)19-13(14(18)21)9-4-2-1-3-5-9/h6-9,13H,1-5H2,(H2,18,21)(H,19,20). The maximum Gasteiger partial charge on any atom is 0.252 e. The van der Waals surface area contributed by atoms with Gasteiger partial charge in [0.05, 0.1) is 11.0 Å². The average molecular weight is 312 g/mol. The lowest BCUT2D eigenvalue weighted by Gasteiger charge is -2.30. The smallest absolute Gasteiger partial charge is 0.252 e. The zero-order valence-corrected chi connectivity index (χ0v) is 12.4. The van der Waals surface area contributed by atoms with Crippen LogP contribution in [-0.2, 0) is 0 Å². The van der Waals surface area contributed by atoms with Crippen molar-refractivity contribution < 1.29 is 13.6 Å². The highest BCUT2D eigenvalue weighted by Gasteiger charge is 2.27. The van der Waals surface area contributed by atoms with Crippen LogP contribution in [0.2, 0.25) is 0 Å². The second-order valence-electron chi connectivity index (χ2n) is 5.41. The zero-order valence-electron chi connectivity index (χ0n) is 11.6. The minimum absolute atomic E-state index is 0.0652. The Morgan fingerprint density at radius 2 is 1.76 bits per heavy atom. The number of rotatable bonds is 4. The Hall–Kier alpha value is -1.56. The van der Waals surface area contributed by atoms with Gasteiger partial charge in [-0.3, -0.25) is 4.79 Å². The maximum absolute atomic E-state index is 13.2. The molecule has 1 saturated carbocycles. The summed E-state index contributed by atoms with van der Waals surface area (Å²) in [5, 5.41) is 2.72. The number of amides is 1. The van der Waals surface area contributed by atoms with Gasteiger partial charge in [-0.2, -0.15) is 0 Å². The molecule has 1 aliphatic rings. The van der Waals surface area contributed by atoms with Gasteiger partial charge in [0, 0.05) is 11.6 Å². The van der Waals surface area contributed by atoms with E-state index in [0.717, 1.165) is 43.9 Å². The van der Waals surface area contributed by atoms with Crippen molar-refractivity contribution in [1.82, 2.24) is 5.32 Å². The fourth-order valence-corrected chi connectivity index (χ4v) is 3.05. The van der Waals surface area contributed by atoms with Gasteiger partial charge in [0.2, 0.25) is 0 Å². The first kappa shape index (κ1) is 15.8. The second-order valence-corrected chi connectivity index (χ2v) is 5.88. The monoisotopic (exact) mass is 312 g/mol. The molecule has 1 aromatic carbocycles. The molecule has 1 fully saturated rings. The Kier molecular flexibility index (Phi) is 5.22. The van der Waals surface area contributed by atoms with Crippen LogP contribution < -0.4 is 11.1 Å². The molecule has 0 aliphatic heterocycles. The van der Waals surface area contributed by atoms with Crippen LogP contribution in [0.5, 0.6) is 0 Å².